The highest BCUT2D eigenvalue weighted by atomic mass is 35.5. The Morgan fingerprint density at radius 1 is 1.64 bits per heavy atom. The minimum Gasteiger partial charge on any atom is -0.461 e. The standard InChI is InChI=1S/C7H13NO2.ClH/c1-5(8)7(9)10-6-3-2-4-6;/h5-6H,2-4,8H2,1H3;1H/t5-;/m1./s1. The maximum atomic E-state index is 10.8. The Balaban J connectivity index is 0.000001000. The molecule has 0 bridgehead atoms. The van der Waals surface area contributed by atoms with Gasteiger partial charge in [0.25, 0.3) is 0 Å². The van der Waals surface area contributed by atoms with Crippen LogP contribution in [0.4, 0.5) is 0 Å². The van der Waals surface area contributed by atoms with E-state index in [0.29, 0.717) is 0 Å². The van der Waals surface area contributed by atoms with Crippen LogP contribution < -0.4 is 5.73 Å². The Kier molecular flexibility index (Phi) is 4.45. The average molecular weight is 180 g/mol. The number of nitrogens with two attached hydrogens (primary N) is 1. The first kappa shape index (κ1) is 10.7. The molecule has 3 nitrogen and oxygen atoms in total. The van der Waals surface area contributed by atoms with E-state index in [1.54, 1.807) is 6.92 Å². The van der Waals surface area contributed by atoms with Gasteiger partial charge in [0.15, 0.2) is 0 Å². The topological polar surface area (TPSA) is 52.3 Å². The molecule has 1 atom stereocenters. The van der Waals surface area contributed by atoms with E-state index in [0.717, 1.165) is 12.8 Å². The summed E-state index contributed by atoms with van der Waals surface area (Å²) >= 11 is 0. The molecule has 0 unspecified atom stereocenters. The summed E-state index contributed by atoms with van der Waals surface area (Å²) < 4.78 is 4.98. The fourth-order valence-electron chi connectivity index (χ4n) is 0.760. The molecule has 1 aliphatic carbocycles. The number of hydrogen-bond acceptors (Lipinski definition) is 3. The lowest BCUT2D eigenvalue weighted by Gasteiger charge is -2.25. The minimum atomic E-state index is -0.472. The number of esters is 1. The zero-order valence-corrected chi connectivity index (χ0v) is 7.39. The molecule has 1 aliphatic rings. The second kappa shape index (κ2) is 4.57. The van der Waals surface area contributed by atoms with Crippen LogP contribution in [-0.4, -0.2) is 18.1 Å². The summed E-state index contributed by atoms with van der Waals surface area (Å²) in [5.74, 6) is -0.273. The lowest BCUT2D eigenvalue weighted by atomic mass is 9.96. The van der Waals surface area contributed by atoms with E-state index in [-0.39, 0.29) is 24.5 Å². The summed E-state index contributed by atoms with van der Waals surface area (Å²) in [6.07, 6.45) is 3.37. The number of rotatable bonds is 2. The Morgan fingerprint density at radius 2 is 2.18 bits per heavy atom. The first-order chi connectivity index (χ1) is 4.70. The third-order valence-electron chi connectivity index (χ3n) is 1.71. The average Bonchev–Trinajstić information content (AvgIpc) is 1.77. The van der Waals surface area contributed by atoms with Crippen molar-refractivity contribution >= 4 is 18.4 Å². The van der Waals surface area contributed by atoms with Crippen LogP contribution in [0.1, 0.15) is 26.2 Å². The third-order valence-corrected chi connectivity index (χ3v) is 1.71. The first-order valence-corrected chi connectivity index (χ1v) is 3.66. The molecule has 0 spiro atoms. The van der Waals surface area contributed by atoms with Crippen LogP contribution in [0.3, 0.4) is 0 Å². The Bertz CT molecular complexity index is 134. The molecule has 0 aliphatic heterocycles. The number of carbonyl (C=O) groups is 1. The zero-order valence-electron chi connectivity index (χ0n) is 6.58. The normalized spacial score (nSPS) is 19.5. The maximum Gasteiger partial charge on any atom is 0.322 e. The molecule has 1 rings (SSSR count). The Morgan fingerprint density at radius 3 is 2.45 bits per heavy atom. The van der Waals surface area contributed by atoms with E-state index in [2.05, 4.69) is 0 Å². The van der Waals surface area contributed by atoms with Crippen molar-refractivity contribution < 1.29 is 9.53 Å². The lowest BCUT2D eigenvalue weighted by molar-refractivity contribution is -0.154. The number of halogens is 1. The summed E-state index contributed by atoms with van der Waals surface area (Å²) in [7, 11) is 0. The molecule has 1 saturated carbocycles. The third kappa shape index (κ3) is 3.08. The van der Waals surface area contributed by atoms with Crippen LogP contribution in [0.25, 0.3) is 0 Å². The summed E-state index contributed by atoms with van der Waals surface area (Å²) in [6, 6.07) is -0.472. The Labute approximate surface area is 72.7 Å². The zero-order chi connectivity index (χ0) is 7.56. The van der Waals surface area contributed by atoms with E-state index in [1.165, 1.54) is 6.42 Å². The molecule has 66 valence electrons. The van der Waals surface area contributed by atoms with Gasteiger partial charge >= 0.3 is 5.97 Å². The monoisotopic (exact) mass is 179 g/mol. The van der Waals surface area contributed by atoms with Crippen LogP contribution in [0.15, 0.2) is 0 Å². The molecule has 0 aromatic carbocycles. The molecule has 4 heteroatoms. The van der Waals surface area contributed by atoms with Crippen molar-refractivity contribution in [3.8, 4) is 0 Å². The molecule has 0 heterocycles. The van der Waals surface area contributed by atoms with Gasteiger partial charge < -0.3 is 10.5 Å². The van der Waals surface area contributed by atoms with E-state index in [9.17, 15) is 4.79 Å². The molecule has 0 aromatic rings. The van der Waals surface area contributed by atoms with Crippen LogP contribution in [0.2, 0.25) is 0 Å². The predicted molar refractivity (Wildman–Crippen MR) is 44.6 cm³/mol. The van der Waals surface area contributed by atoms with Gasteiger partial charge in [-0.3, -0.25) is 4.79 Å². The van der Waals surface area contributed by atoms with Crippen molar-refractivity contribution in [2.45, 2.75) is 38.3 Å². The molecule has 0 radical (unpaired) electrons. The molecule has 0 amide bonds. The fraction of sp³-hybridized carbons (Fsp3) is 0.857. The van der Waals surface area contributed by atoms with Crippen molar-refractivity contribution in [2.24, 2.45) is 5.73 Å². The summed E-state index contributed by atoms with van der Waals surface area (Å²) in [6.45, 7) is 1.64. The molecule has 11 heavy (non-hydrogen) atoms. The highest BCUT2D eigenvalue weighted by Gasteiger charge is 2.22. The van der Waals surface area contributed by atoms with Crippen LogP contribution in [0, 0.1) is 0 Å². The molecule has 0 saturated heterocycles. The van der Waals surface area contributed by atoms with E-state index in [4.69, 9.17) is 10.5 Å². The summed E-state index contributed by atoms with van der Waals surface area (Å²) in [5, 5.41) is 0. The predicted octanol–water partition coefficient (Wildman–Crippen LogP) is 0.851. The van der Waals surface area contributed by atoms with Gasteiger partial charge in [-0.05, 0) is 26.2 Å². The van der Waals surface area contributed by atoms with Gasteiger partial charge in [-0.1, -0.05) is 0 Å². The number of hydrogen-bond donors (Lipinski definition) is 1. The number of ether oxygens (including phenoxy) is 1. The summed E-state index contributed by atoms with van der Waals surface area (Å²) in [5.41, 5.74) is 5.29. The fourth-order valence-corrected chi connectivity index (χ4v) is 0.760. The number of carbonyl (C=O) groups excluding carboxylic acids is 1. The van der Waals surface area contributed by atoms with Crippen LogP contribution >= 0.6 is 12.4 Å². The van der Waals surface area contributed by atoms with E-state index >= 15 is 0 Å². The Hall–Kier alpha value is -0.280. The lowest BCUT2D eigenvalue weighted by Crippen LogP contribution is -2.34. The van der Waals surface area contributed by atoms with E-state index < -0.39 is 6.04 Å². The van der Waals surface area contributed by atoms with Crippen LogP contribution in [0.5, 0.6) is 0 Å². The van der Waals surface area contributed by atoms with Crippen molar-refractivity contribution in [3.05, 3.63) is 0 Å². The largest absolute Gasteiger partial charge is 0.461 e. The van der Waals surface area contributed by atoms with Gasteiger partial charge in [0.05, 0.1) is 0 Å². The quantitative estimate of drug-likeness (QED) is 0.640. The van der Waals surface area contributed by atoms with Crippen LogP contribution in [-0.2, 0) is 9.53 Å². The van der Waals surface area contributed by atoms with Crippen molar-refractivity contribution in [1.29, 1.82) is 0 Å². The highest BCUT2D eigenvalue weighted by Crippen LogP contribution is 2.21. The molecular formula is C7H14ClNO2. The van der Waals surface area contributed by atoms with Crippen molar-refractivity contribution in [3.63, 3.8) is 0 Å². The second-order valence-electron chi connectivity index (χ2n) is 2.78. The van der Waals surface area contributed by atoms with Gasteiger partial charge in [0.1, 0.15) is 12.1 Å². The highest BCUT2D eigenvalue weighted by molar-refractivity contribution is 5.85. The van der Waals surface area contributed by atoms with Gasteiger partial charge in [-0.2, -0.15) is 0 Å². The smallest absolute Gasteiger partial charge is 0.322 e. The van der Waals surface area contributed by atoms with Gasteiger partial charge in [0, 0.05) is 0 Å². The molecule has 1 fully saturated rings. The second-order valence-corrected chi connectivity index (χ2v) is 2.78. The molecule has 2 N–H and O–H groups in total. The molecular weight excluding hydrogens is 166 g/mol. The minimum absolute atomic E-state index is 0. The first-order valence-electron chi connectivity index (χ1n) is 3.66. The van der Waals surface area contributed by atoms with Crippen molar-refractivity contribution in [2.75, 3.05) is 0 Å². The van der Waals surface area contributed by atoms with Crippen molar-refractivity contribution in [1.82, 2.24) is 0 Å². The van der Waals surface area contributed by atoms with Gasteiger partial charge in [0.2, 0.25) is 0 Å². The molecule has 0 aromatic heterocycles. The summed E-state index contributed by atoms with van der Waals surface area (Å²) in [4.78, 5) is 10.8. The van der Waals surface area contributed by atoms with E-state index in [1.807, 2.05) is 0 Å². The van der Waals surface area contributed by atoms with Gasteiger partial charge in [-0.25, -0.2) is 0 Å². The maximum absolute atomic E-state index is 10.8. The SMILES string of the molecule is C[C@@H](N)C(=O)OC1CCC1.Cl. The van der Waals surface area contributed by atoms with Gasteiger partial charge in [-0.15, -0.1) is 12.4 Å².